The normalized spacial score (nSPS) is 13.7. The molecule has 25 heavy (non-hydrogen) atoms. The van der Waals surface area contributed by atoms with E-state index < -0.39 is 5.60 Å². The second-order valence-electron chi connectivity index (χ2n) is 6.91. The lowest BCUT2D eigenvalue weighted by Crippen LogP contribution is -2.32. The van der Waals surface area contributed by atoms with Crippen LogP contribution >= 0.6 is 0 Å². The number of pyridine rings is 1. The van der Waals surface area contributed by atoms with Gasteiger partial charge >= 0.3 is 0 Å². The van der Waals surface area contributed by atoms with Crippen LogP contribution in [0.3, 0.4) is 0 Å². The van der Waals surface area contributed by atoms with Crippen LogP contribution in [0.25, 0.3) is 0 Å². The van der Waals surface area contributed by atoms with Gasteiger partial charge in [0.05, 0.1) is 0 Å². The SMILES string of the molecule is CC(C)(O)C#Cc1ccc(C(=O)N(Cc2ccncc2)C2CC2)cc1. The van der Waals surface area contributed by atoms with Crippen molar-refractivity contribution < 1.29 is 9.90 Å². The van der Waals surface area contributed by atoms with Gasteiger partial charge in [0.15, 0.2) is 0 Å². The number of carbonyl (C=O) groups excluding carboxylic acids is 1. The first-order valence-corrected chi connectivity index (χ1v) is 8.48. The van der Waals surface area contributed by atoms with E-state index in [1.54, 1.807) is 38.4 Å². The molecule has 0 atom stereocenters. The molecule has 4 heteroatoms. The van der Waals surface area contributed by atoms with Crippen molar-refractivity contribution in [1.29, 1.82) is 0 Å². The van der Waals surface area contributed by atoms with Crippen LogP contribution in [0.5, 0.6) is 0 Å². The molecular weight excluding hydrogens is 312 g/mol. The summed E-state index contributed by atoms with van der Waals surface area (Å²) in [6, 6.07) is 11.5. The van der Waals surface area contributed by atoms with Gasteiger partial charge in [-0.1, -0.05) is 11.8 Å². The minimum Gasteiger partial charge on any atom is -0.378 e. The Morgan fingerprint density at radius 3 is 2.40 bits per heavy atom. The molecule has 1 aromatic carbocycles. The van der Waals surface area contributed by atoms with Gasteiger partial charge < -0.3 is 10.0 Å². The molecule has 128 valence electrons. The fourth-order valence-corrected chi connectivity index (χ4v) is 2.52. The minimum atomic E-state index is -1.03. The Balaban J connectivity index is 1.75. The van der Waals surface area contributed by atoms with Crippen molar-refractivity contribution in [3.05, 3.63) is 65.5 Å². The number of nitrogens with zero attached hydrogens (tertiary/aromatic N) is 2. The van der Waals surface area contributed by atoms with Crippen LogP contribution < -0.4 is 0 Å². The van der Waals surface area contributed by atoms with Crippen LogP contribution in [0, 0.1) is 11.8 Å². The number of benzene rings is 1. The summed E-state index contributed by atoms with van der Waals surface area (Å²) < 4.78 is 0. The molecule has 1 fully saturated rings. The van der Waals surface area contributed by atoms with Crippen molar-refractivity contribution in [2.75, 3.05) is 0 Å². The fourth-order valence-electron chi connectivity index (χ4n) is 2.52. The van der Waals surface area contributed by atoms with Crippen LogP contribution in [0.15, 0.2) is 48.8 Å². The molecule has 0 bridgehead atoms. The maximum atomic E-state index is 12.9. The summed E-state index contributed by atoms with van der Waals surface area (Å²) in [6.45, 7) is 3.89. The van der Waals surface area contributed by atoms with Gasteiger partial charge in [-0.2, -0.15) is 0 Å². The quantitative estimate of drug-likeness (QED) is 0.875. The van der Waals surface area contributed by atoms with Crippen molar-refractivity contribution in [3.8, 4) is 11.8 Å². The van der Waals surface area contributed by atoms with Gasteiger partial charge in [0.1, 0.15) is 5.60 Å². The molecule has 0 aliphatic heterocycles. The second kappa shape index (κ2) is 7.08. The van der Waals surface area contributed by atoms with E-state index in [1.807, 2.05) is 29.2 Å². The van der Waals surface area contributed by atoms with Gasteiger partial charge in [0.2, 0.25) is 0 Å². The molecule has 1 N–H and O–H groups in total. The number of aromatic nitrogens is 1. The Hall–Kier alpha value is -2.64. The van der Waals surface area contributed by atoms with E-state index in [0.29, 0.717) is 18.2 Å². The monoisotopic (exact) mass is 334 g/mol. The third kappa shape index (κ3) is 4.91. The average Bonchev–Trinajstić information content (AvgIpc) is 3.43. The number of hydrogen-bond acceptors (Lipinski definition) is 3. The van der Waals surface area contributed by atoms with Gasteiger partial charge in [-0.25, -0.2) is 0 Å². The first-order chi connectivity index (χ1) is 11.9. The van der Waals surface area contributed by atoms with Crippen molar-refractivity contribution in [2.24, 2.45) is 0 Å². The Morgan fingerprint density at radius 1 is 1.20 bits per heavy atom. The highest BCUT2D eigenvalue weighted by molar-refractivity contribution is 5.94. The molecule has 1 aliphatic carbocycles. The summed E-state index contributed by atoms with van der Waals surface area (Å²) in [6.07, 6.45) is 5.62. The van der Waals surface area contributed by atoms with Gasteiger partial charge in [-0.05, 0) is 68.7 Å². The zero-order valence-corrected chi connectivity index (χ0v) is 14.6. The Labute approximate surface area is 148 Å². The molecule has 0 saturated heterocycles. The van der Waals surface area contributed by atoms with Gasteiger partial charge in [-0.3, -0.25) is 9.78 Å². The summed E-state index contributed by atoms with van der Waals surface area (Å²) in [5.41, 5.74) is 1.50. The molecular formula is C21H22N2O2. The standard InChI is InChI=1S/C21H22N2O2/c1-21(2,25)12-9-16-3-5-18(6-4-16)20(24)23(19-7-8-19)15-17-10-13-22-14-11-17/h3-6,10-11,13-14,19,25H,7-8,15H2,1-2H3. The lowest BCUT2D eigenvalue weighted by atomic mass is 10.1. The third-order valence-electron chi connectivity index (χ3n) is 4.00. The van der Waals surface area contributed by atoms with Crippen molar-refractivity contribution >= 4 is 5.91 Å². The molecule has 3 rings (SSSR count). The highest BCUT2D eigenvalue weighted by Gasteiger charge is 2.33. The predicted octanol–water partition coefficient (Wildman–Crippen LogP) is 3.01. The average molecular weight is 334 g/mol. The molecule has 1 aromatic heterocycles. The largest absolute Gasteiger partial charge is 0.378 e. The van der Waals surface area contributed by atoms with E-state index in [9.17, 15) is 9.90 Å². The van der Waals surface area contributed by atoms with Crippen molar-refractivity contribution in [1.82, 2.24) is 9.88 Å². The highest BCUT2D eigenvalue weighted by atomic mass is 16.3. The predicted molar refractivity (Wildman–Crippen MR) is 96.8 cm³/mol. The van der Waals surface area contributed by atoms with E-state index in [4.69, 9.17) is 0 Å². The smallest absolute Gasteiger partial charge is 0.254 e. The molecule has 4 nitrogen and oxygen atoms in total. The van der Waals surface area contributed by atoms with Crippen LogP contribution in [0.1, 0.15) is 48.2 Å². The number of carbonyl (C=O) groups is 1. The second-order valence-corrected chi connectivity index (χ2v) is 6.91. The van der Waals surface area contributed by atoms with E-state index in [1.165, 1.54) is 0 Å². The van der Waals surface area contributed by atoms with Crippen LogP contribution in [0.4, 0.5) is 0 Å². The fraction of sp³-hybridized carbons (Fsp3) is 0.333. The molecule has 0 spiro atoms. The van der Waals surface area contributed by atoms with E-state index in [-0.39, 0.29) is 5.91 Å². The minimum absolute atomic E-state index is 0.0429. The first-order valence-electron chi connectivity index (χ1n) is 8.48. The van der Waals surface area contributed by atoms with Crippen molar-refractivity contribution in [3.63, 3.8) is 0 Å². The summed E-state index contributed by atoms with van der Waals surface area (Å²) in [5.74, 6) is 5.74. The number of rotatable bonds is 4. The van der Waals surface area contributed by atoms with Gasteiger partial charge in [-0.15, -0.1) is 0 Å². The summed E-state index contributed by atoms with van der Waals surface area (Å²) in [7, 11) is 0. The summed E-state index contributed by atoms with van der Waals surface area (Å²) in [5, 5.41) is 9.66. The molecule has 1 aliphatic rings. The third-order valence-corrected chi connectivity index (χ3v) is 4.00. The van der Waals surface area contributed by atoms with E-state index in [0.717, 1.165) is 24.0 Å². The maximum Gasteiger partial charge on any atom is 0.254 e. The highest BCUT2D eigenvalue weighted by Crippen LogP contribution is 2.29. The maximum absolute atomic E-state index is 12.9. The first kappa shape index (κ1) is 17.2. The molecule has 2 aromatic rings. The van der Waals surface area contributed by atoms with E-state index >= 15 is 0 Å². The number of amides is 1. The van der Waals surface area contributed by atoms with Crippen molar-refractivity contribution in [2.45, 2.75) is 44.9 Å². The topological polar surface area (TPSA) is 53.4 Å². The van der Waals surface area contributed by atoms with Gasteiger partial charge in [0.25, 0.3) is 5.91 Å². The zero-order valence-electron chi connectivity index (χ0n) is 14.6. The number of aliphatic hydroxyl groups is 1. The van der Waals surface area contributed by atoms with Crippen LogP contribution in [0.2, 0.25) is 0 Å². The summed E-state index contributed by atoms with van der Waals surface area (Å²) in [4.78, 5) is 18.9. The Bertz CT molecular complexity index is 792. The molecule has 1 heterocycles. The van der Waals surface area contributed by atoms with Gasteiger partial charge in [0, 0.05) is 36.1 Å². The summed E-state index contributed by atoms with van der Waals surface area (Å²) >= 11 is 0. The lowest BCUT2D eigenvalue weighted by molar-refractivity contribution is 0.0730. The van der Waals surface area contributed by atoms with Crippen LogP contribution in [-0.2, 0) is 6.54 Å². The molecule has 0 unspecified atom stereocenters. The number of hydrogen-bond donors (Lipinski definition) is 1. The Morgan fingerprint density at radius 2 is 1.84 bits per heavy atom. The molecule has 1 saturated carbocycles. The molecule has 1 amide bonds. The lowest BCUT2D eigenvalue weighted by Gasteiger charge is -2.22. The van der Waals surface area contributed by atoms with Crippen LogP contribution in [-0.4, -0.2) is 32.5 Å². The molecule has 0 radical (unpaired) electrons. The zero-order chi connectivity index (χ0) is 17.9. The van der Waals surface area contributed by atoms with E-state index in [2.05, 4.69) is 16.8 Å². The Kier molecular flexibility index (Phi) is 4.87.